The van der Waals surface area contributed by atoms with Crippen LogP contribution in [0.4, 0.5) is 0 Å². The van der Waals surface area contributed by atoms with Gasteiger partial charge < -0.3 is 4.74 Å². The number of para-hydroxylation sites is 1. The largest absolute Gasteiger partial charge is 0.425 e. The number of carbonyl (C=O) groups is 1. The lowest BCUT2D eigenvalue weighted by Gasteiger charge is -2.08. The minimum atomic E-state index is -0.278. The maximum Gasteiger partial charge on any atom is 0.323 e. The van der Waals surface area contributed by atoms with Gasteiger partial charge in [-0.2, -0.15) is 0 Å². The van der Waals surface area contributed by atoms with Gasteiger partial charge in [0.2, 0.25) is 0 Å². The molecule has 3 rings (SSSR count). The standard InChI is InChI=1S/C16H14O2/c1-10-5-3-7-12(9-10)14-13-8-4-6-11(2)15(13)18-16(14)17/h3-9,14H,1-2H3. The summed E-state index contributed by atoms with van der Waals surface area (Å²) in [6, 6.07) is 13.9. The number of rotatable bonds is 1. The molecule has 2 nitrogen and oxygen atoms in total. The Kier molecular flexibility index (Phi) is 2.44. The highest BCUT2D eigenvalue weighted by Gasteiger charge is 2.35. The summed E-state index contributed by atoms with van der Waals surface area (Å²) < 4.78 is 5.41. The van der Waals surface area contributed by atoms with Crippen molar-refractivity contribution in [3.8, 4) is 5.75 Å². The van der Waals surface area contributed by atoms with Crippen molar-refractivity contribution in [1.82, 2.24) is 0 Å². The maximum atomic E-state index is 12.1. The summed E-state index contributed by atoms with van der Waals surface area (Å²) in [4.78, 5) is 12.1. The molecular formula is C16H14O2. The van der Waals surface area contributed by atoms with Gasteiger partial charge in [0, 0.05) is 5.56 Å². The van der Waals surface area contributed by atoms with E-state index in [1.165, 1.54) is 0 Å². The molecule has 0 N–H and O–H groups in total. The molecule has 90 valence electrons. The monoisotopic (exact) mass is 238 g/mol. The van der Waals surface area contributed by atoms with E-state index in [4.69, 9.17) is 4.74 Å². The predicted octanol–water partition coefficient (Wildman–Crippen LogP) is 3.35. The molecule has 1 aliphatic rings. The zero-order valence-electron chi connectivity index (χ0n) is 10.4. The first-order chi connectivity index (χ1) is 8.66. The molecule has 0 aromatic heterocycles. The van der Waals surface area contributed by atoms with Gasteiger partial charge >= 0.3 is 5.97 Å². The normalized spacial score (nSPS) is 17.4. The fraction of sp³-hybridized carbons (Fsp3) is 0.188. The molecule has 0 saturated heterocycles. The third-order valence-electron chi connectivity index (χ3n) is 3.37. The lowest BCUT2D eigenvalue weighted by Crippen LogP contribution is -2.11. The van der Waals surface area contributed by atoms with Crippen molar-refractivity contribution in [2.75, 3.05) is 0 Å². The summed E-state index contributed by atoms with van der Waals surface area (Å²) in [6.07, 6.45) is 0. The summed E-state index contributed by atoms with van der Waals surface area (Å²) in [6.45, 7) is 3.99. The second-order valence-electron chi connectivity index (χ2n) is 4.76. The van der Waals surface area contributed by atoms with Crippen molar-refractivity contribution in [2.45, 2.75) is 19.8 Å². The van der Waals surface area contributed by atoms with E-state index < -0.39 is 0 Å². The molecule has 2 aromatic rings. The lowest BCUT2D eigenvalue weighted by molar-refractivity contribution is -0.133. The van der Waals surface area contributed by atoms with Gasteiger partial charge in [0.05, 0.1) is 0 Å². The van der Waals surface area contributed by atoms with Gasteiger partial charge in [0.1, 0.15) is 11.7 Å². The number of hydrogen-bond donors (Lipinski definition) is 0. The minimum absolute atomic E-state index is 0.176. The Bertz CT molecular complexity index is 629. The third-order valence-corrected chi connectivity index (χ3v) is 3.37. The number of carbonyl (C=O) groups excluding carboxylic acids is 1. The van der Waals surface area contributed by atoms with Crippen molar-refractivity contribution in [1.29, 1.82) is 0 Å². The topological polar surface area (TPSA) is 26.3 Å². The van der Waals surface area contributed by atoms with E-state index in [9.17, 15) is 4.79 Å². The first-order valence-corrected chi connectivity index (χ1v) is 6.04. The van der Waals surface area contributed by atoms with E-state index in [0.29, 0.717) is 0 Å². The molecule has 0 saturated carbocycles. The molecule has 0 bridgehead atoms. The quantitative estimate of drug-likeness (QED) is 0.562. The summed E-state index contributed by atoms with van der Waals surface area (Å²) in [5, 5.41) is 0. The zero-order valence-corrected chi connectivity index (χ0v) is 10.4. The van der Waals surface area contributed by atoms with Crippen LogP contribution in [0.25, 0.3) is 0 Å². The minimum Gasteiger partial charge on any atom is -0.425 e. The first kappa shape index (κ1) is 11.0. The second kappa shape index (κ2) is 3.98. The van der Waals surface area contributed by atoms with Gasteiger partial charge in [-0.25, -0.2) is 0 Å². The maximum absolute atomic E-state index is 12.1. The number of fused-ring (bicyclic) bond motifs is 1. The molecule has 0 amide bonds. The van der Waals surface area contributed by atoms with E-state index >= 15 is 0 Å². The van der Waals surface area contributed by atoms with Crippen LogP contribution >= 0.6 is 0 Å². The van der Waals surface area contributed by atoms with Crippen LogP contribution in [0, 0.1) is 13.8 Å². The molecule has 0 spiro atoms. The average Bonchev–Trinajstić information content (AvgIpc) is 2.67. The number of ether oxygens (including phenoxy) is 1. The van der Waals surface area contributed by atoms with Gasteiger partial charge in [0.15, 0.2) is 0 Å². The Morgan fingerprint density at radius 1 is 1.06 bits per heavy atom. The van der Waals surface area contributed by atoms with E-state index in [1.54, 1.807) is 0 Å². The van der Waals surface area contributed by atoms with Crippen LogP contribution in [0.15, 0.2) is 42.5 Å². The van der Waals surface area contributed by atoms with Crippen LogP contribution in [0.5, 0.6) is 5.75 Å². The van der Waals surface area contributed by atoms with Gasteiger partial charge in [-0.3, -0.25) is 4.79 Å². The van der Waals surface area contributed by atoms with Crippen molar-refractivity contribution in [2.24, 2.45) is 0 Å². The molecule has 1 aliphatic heterocycles. The van der Waals surface area contributed by atoms with Crippen LogP contribution in [0.3, 0.4) is 0 Å². The summed E-state index contributed by atoms with van der Waals surface area (Å²) >= 11 is 0. The van der Waals surface area contributed by atoms with Crippen molar-refractivity contribution >= 4 is 5.97 Å². The van der Waals surface area contributed by atoms with Crippen molar-refractivity contribution < 1.29 is 9.53 Å². The van der Waals surface area contributed by atoms with Gasteiger partial charge in [-0.1, -0.05) is 48.0 Å². The number of aryl methyl sites for hydroxylation is 2. The molecule has 2 heteroatoms. The van der Waals surface area contributed by atoms with Crippen molar-refractivity contribution in [3.05, 3.63) is 64.7 Å². The summed E-state index contributed by atoms with van der Waals surface area (Å²) in [5.41, 5.74) is 4.15. The van der Waals surface area contributed by atoms with Crippen LogP contribution in [-0.4, -0.2) is 5.97 Å². The van der Waals surface area contributed by atoms with Crippen LogP contribution in [0.1, 0.15) is 28.2 Å². The van der Waals surface area contributed by atoms with Crippen LogP contribution in [-0.2, 0) is 4.79 Å². The predicted molar refractivity (Wildman–Crippen MR) is 69.8 cm³/mol. The molecule has 1 atom stereocenters. The van der Waals surface area contributed by atoms with Crippen LogP contribution < -0.4 is 4.74 Å². The first-order valence-electron chi connectivity index (χ1n) is 6.04. The lowest BCUT2D eigenvalue weighted by atomic mass is 9.91. The Balaban J connectivity index is 2.15. The van der Waals surface area contributed by atoms with E-state index in [0.717, 1.165) is 28.0 Å². The van der Waals surface area contributed by atoms with Gasteiger partial charge in [0.25, 0.3) is 0 Å². The molecule has 0 fully saturated rings. The van der Waals surface area contributed by atoms with E-state index in [2.05, 4.69) is 0 Å². The van der Waals surface area contributed by atoms with Gasteiger partial charge in [-0.15, -0.1) is 0 Å². The average molecular weight is 238 g/mol. The molecule has 0 radical (unpaired) electrons. The molecule has 18 heavy (non-hydrogen) atoms. The van der Waals surface area contributed by atoms with Gasteiger partial charge in [-0.05, 0) is 25.0 Å². The Labute approximate surface area is 106 Å². The fourth-order valence-electron chi connectivity index (χ4n) is 2.49. The fourth-order valence-corrected chi connectivity index (χ4v) is 2.49. The molecular weight excluding hydrogens is 224 g/mol. The number of esters is 1. The highest BCUT2D eigenvalue weighted by atomic mass is 16.5. The summed E-state index contributed by atoms with van der Waals surface area (Å²) in [7, 11) is 0. The highest BCUT2D eigenvalue weighted by molar-refractivity contribution is 5.90. The Morgan fingerprint density at radius 3 is 2.61 bits per heavy atom. The van der Waals surface area contributed by atoms with E-state index in [1.807, 2.05) is 56.3 Å². The Hall–Kier alpha value is -2.09. The van der Waals surface area contributed by atoms with Crippen LogP contribution in [0.2, 0.25) is 0 Å². The van der Waals surface area contributed by atoms with E-state index in [-0.39, 0.29) is 11.9 Å². The highest BCUT2D eigenvalue weighted by Crippen LogP contribution is 2.40. The SMILES string of the molecule is Cc1cccc(C2C(=O)Oc3c(C)cccc32)c1. The summed E-state index contributed by atoms with van der Waals surface area (Å²) in [5.74, 6) is 0.277. The number of benzene rings is 2. The zero-order chi connectivity index (χ0) is 12.7. The molecule has 1 heterocycles. The molecule has 1 unspecified atom stereocenters. The Morgan fingerprint density at radius 2 is 1.83 bits per heavy atom. The molecule has 2 aromatic carbocycles. The second-order valence-corrected chi connectivity index (χ2v) is 4.76. The smallest absolute Gasteiger partial charge is 0.323 e. The molecule has 0 aliphatic carbocycles. The third kappa shape index (κ3) is 1.61. The van der Waals surface area contributed by atoms with Crippen molar-refractivity contribution in [3.63, 3.8) is 0 Å². The number of hydrogen-bond acceptors (Lipinski definition) is 2.